The molecule has 0 aliphatic carbocycles. The minimum absolute atomic E-state index is 0.0215. The van der Waals surface area contributed by atoms with Gasteiger partial charge in [0.1, 0.15) is 6.10 Å². The van der Waals surface area contributed by atoms with Crippen LogP contribution >= 0.6 is 0 Å². The van der Waals surface area contributed by atoms with Gasteiger partial charge in [0.05, 0.1) is 25.2 Å². The molecule has 6 heteroatoms. The van der Waals surface area contributed by atoms with Crippen LogP contribution in [0.15, 0.2) is 97.2 Å². The number of hydrogen-bond acceptors (Lipinski definition) is 5. The lowest BCUT2D eigenvalue weighted by Gasteiger charge is -2.24. The molecule has 0 fully saturated rings. The summed E-state index contributed by atoms with van der Waals surface area (Å²) in [6.07, 6.45) is 67.6. The molecule has 0 spiro atoms. The normalized spacial score (nSPS) is 14.0. The van der Waals surface area contributed by atoms with Gasteiger partial charge in [0, 0.05) is 6.42 Å². The third kappa shape index (κ3) is 45.4. The minimum Gasteiger partial charge on any atom is -0.462 e. The summed E-state index contributed by atoms with van der Waals surface area (Å²) < 4.78 is 5.90. The minimum atomic E-state index is -0.812. The Kier molecular flexibility index (Phi) is 48.2. The molecule has 366 valence electrons. The van der Waals surface area contributed by atoms with Crippen molar-refractivity contribution < 1.29 is 24.5 Å². The average molecular weight is 890 g/mol. The standard InChI is InChI=1S/C58H99NO5/c1-4-7-10-13-16-19-21-23-25-27-28-30-32-34-36-39-42-45-48-51-58(63)64-54(49-46-43-40-38-35-33-31-29-26-24-22-20-17-14-11-8-5-2)52-57(62)59-55(53-60)56(61)50-47-44-41-37-18-15-12-9-6-3/h16-17,19-20,23-26,28,30-31,33-34,36,38,40,54-56,60-61H,4-15,18,21-22,27,29,32,35,37,39,41-53H2,1-3H3,(H,59,62)/b19-16-,20-17-,25-23-,26-24-,30-28-,33-31-,36-34-,40-38-. The molecule has 0 aromatic rings. The second kappa shape index (κ2) is 50.8. The number of esters is 1. The van der Waals surface area contributed by atoms with Gasteiger partial charge in [-0.2, -0.15) is 0 Å². The Balaban J connectivity index is 4.75. The fourth-order valence-corrected chi connectivity index (χ4v) is 7.34. The Morgan fingerprint density at radius 2 is 0.812 bits per heavy atom. The van der Waals surface area contributed by atoms with E-state index in [1.807, 2.05) is 0 Å². The molecule has 0 saturated carbocycles. The van der Waals surface area contributed by atoms with E-state index in [-0.39, 0.29) is 24.9 Å². The fraction of sp³-hybridized carbons (Fsp3) is 0.690. The number of carbonyl (C=O) groups excluding carboxylic acids is 2. The van der Waals surface area contributed by atoms with Crippen LogP contribution in [0.4, 0.5) is 0 Å². The van der Waals surface area contributed by atoms with Crippen LogP contribution in [-0.2, 0) is 14.3 Å². The zero-order valence-corrected chi connectivity index (χ0v) is 41.6. The SMILES string of the molecule is CCCCC/C=C\C/C=C\C/C=C\C/C=C\CCCCCC(=O)OC(CCC/C=C\C/C=C\C/C=C\C/C=C\CCCCC)CC(=O)NC(CO)C(O)CCCCCCCCCCC. The van der Waals surface area contributed by atoms with E-state index >= 15 is 0 Å². The molecule has 0 aromatic heterocycles. The predicted molar refractivity (Wildman–Crippen MR) is 277 cm³/mol. The van der Waals surface area contributed by atoms with E-state index in [0.29, 0.717) is 19.3 Å². The van der Waals surface area contributed by atoms with E-state index in [4.69, 9.17) is 4.74 Å². The molecule has 0 aliphatic rings. The second-order valence-electron chi connectivity index (χ2n) is 17.6. The highest BCUT2D eigenvalue weighted by Crippen LogP contribution is 2.16. The molecular weight excluding hydrogens is 791 g/mol. The average Bonchev–Trinajstić information content (AvgIpc) is 3.29. The number of nitrogens with one attached hydrogen (secondary N) is 1. The van der Waals surface area contributed by atoms with Crippen LogP contribution in [0.5, 0.6) is 0 Å². The van der Waals surface area contributed by atoms with Crippen LogP contribution < -0.4 is 5.32 Å². The molecule has 3 N–H and O–H groups in total. The second-order valence-corrected chi connectivity index (χ2v) is 17.6. The van der Waals surface area contributed by atoms with Crippen LogP contribution in [0.2, 0.25) is 0 Å². The number of aliphatic hydroxyl groups is 2. The first-order valence-corrected chi connectivity index (χ1v) is 26.5. The van der Waals surface area contributed by atoms with Crippen molar-refractivity contribution in [3.63, 3.8) is 0 Å². The molecule has 0 aliphatic heterocycles. The lowest BCUT2D eigenvalue weighted by molar-refractivity contribution is -0.151. The van der Waals surface area contributed by atoms with Crippen molar-refractivity contribution in [1.82, 2.24) is 5.32 Å². The lowest BCUT2D eigenvalue weighted by Crippen LogP contribution is -2.46. The summed E-state index contributed by atoms with van der Waals surface area (Å²) in [5, 5.41) is 23.7. The first-order valence-electron chi connectivity index (χ1n) is 26.5. The quantitative estimate of drug-likeness (QED) is 0.0321. The fourth-order valence-electron chi connectivity index (χ4n) is 7.34. The Morgan fingerprint density at radius 1 is 0.453 bits per heavy atom. The number of unbranched alkanes of at least 4 members (excludes halogenated alkanes) is 18. The zero-order chi connectivity index (χ0) is 46.7. The van der Waals surface area contributed by atoms with Crippen molar-refractivity contribution in [2.75, 3.05) is 6.61 Å². The highest BCUT2D eigenvalue weighted by atomic mass is 16.5. The monoisotopic (exact) mass is 890 g/mol. The van der Waals surface area contributed by atoms with Gasteiger partial charge in [-0.15, -0.1) is 0 Å². The van der Waals surface area contributed by atoms with Crippen molar-refractivity contribution in [2.24, 2.45) is 0 Å². The van der Waals surface area contributed by atoms with Gasteiger partial charge < -0.3 is 20.3 Å². The molecule has 1 amide bonds. The third-order valence-corrected chi connectivity index (χ3v) is 11.4. The van der Waals surface area contributed by atoms with Gasteiger partial charge in [-0.25, -0.2) is 0 Å². The smallest absolute Gasteiger partial charge is 0.306 e. The first-order chi connectivity index (χ1) is 31.5. The van der Waals surface area contributed by atoms with Crippen LogP contribution in [0.25, 0.3) is 0 Å². The molecule has 6 nitrogen and oxygen atoms in total. The number of ether oxygens (including phenoxy) is 1. The van der Waals surface area contributed by atoms with E-state index in [9.17, 15) is 19.8 Å². The number of rotatable bonds is 46. The summed E-state index contributed by atoms with van der Waals surface area (Å²) in [5.74, 6) is -0.572. The van der Waals surface area contributed by atoms with Gasteiger partial charge in [-0.3, -0.25) is 9.59 Å². The highest BCUT2D eigenvalue weighted by Gasteiger charge is 2.24. The summed E-state index contributed by atoms with van der Waals surface area (Å²) in [6.45, 7) is 6.38. The maximum Gasteiger partial charge on any atom is 0.306 e. The van der Waals surface area contributed by atoms with Crippen LogP contribution in [0.3, 0.4) is 0 Å². The molecule has 0 bridgehead atoms. The van der Waals surface area contributed by atoms with Gasteiger partial charge in [0.2, 0.25) is 5.91 Å². The number of allylic oxidation sites excluding steroid dienone is 16. The maximum atomic E-state index is 13.2. The Labute approximate surface area is 395 Å². The summed E-state index contributed by atoms with van der Waals surface area (Å²) >= 11 is 0. The van der Waals surface area contributed by atoms with Gasteiger partial charge >= 0.3 is 5.97 Å². The molecule has 0 radical (unpaired) electrons. The van der Waals surface area contributed by atoms with Crippen molar-refractivity contribution in [3.05, 3.63) is 97.2 Å². The Bertz CT molecular complexity index is 1270. The largest absolute Gasteiger partial charge is 0.462 e. The van der Waals surface area contributed by atoms with Gasteiger partial charge in [-0.1, -0.05) is 208 Å². The summed E-state index contributed by atoms with van der Waals surface area (Å²) in [5.41, 5.74) is 0. The molecule has 0 aromatic carbocycles. The van der Waals surface area contributed by atoms with E-state index in [1.165, 1.54) is 89.9 Å². The molecule has 3 unspecified atom stereocenters. The van der Waals surface area contributed by atoms with E-state index in [2.05, 4.69) is 123 Å². The molecule has 0 saturated heterocycles. The maximum absolute atomic E-state index is 13.2. The van der Waals surface area contributed by atoms with E-state index in [1.54, 1.807) is 0 Å². The van der Waals surface area contributed by atoms with E-state index in [0.717, 1.165) is 96.3 Å². The van der Waals surface area contributed by atoms with E-state index < -0.39 is 18.2 Å². The Morgan fingerprint density at radius 3 is 1.25 bits per heavy atom. The highest BCUT2D eigenvalue weighted by molar-refractivity contribution is 5.77. The van der Waals surface area contributed by atoms with Crippen LogP contribution in [0.1, 0.15) is 233 Å². The van der Waals surface area contributed by atoms with Crippen molar-refractivity contribution >= 4 is 11.9 Å². The Hall–Kier alpha value is -3.22. The van der Waals surface area contributed by atoms with Crippen molar-refractivity contribution in [1.29, 1.82) is 0 Å². The summed E-state index contributed by atoms with van der Waals surface area (Å²) in [7, 11) is 0. The predicted octanol–water partition coefficient (Wildman–Crippen LogP) is 16.1. The van der Waals surface area contributed by atoms with Gasteiger partial charge in [0.25, 0.3) is 0 Å². The molecular formula is C58H99NO5. The first kappa shape index (κ1) is 60.8. The third-order valence-electron chi connectivity index (χ3n) is 11.4. The number of hydrogen-bond donors (Lipinski definition) is 3. The topological polar surface area (TPSA) is 95.9 Å². The van der Waals surface area contributed by atoms with Crippen LogP contribution in [0, 0.1) is 0 Å². The molecule has 3 atom stereocenters. The van der Waals surface area contributed by atoms with Crippen molar-refractivity contribution in [2.45, 2.75) is 251 Å². The van der Waals surface area contributed by atoms with Gasteiger partial charge in [-0.05, 0) is 109 Å². The number of aliphatic hydroxyl groups excluding tert-OH is 2. The summed E-state index contributed by atoms with van der Waals surface area (Å²) in [4.78, 5) is 26.1. The summed E-state index contributed by atoms with van der Waals surface area (Å²) in [6, 6.07) is -0.730. The molecule has 0 heterocycles. The molecule has 0 rings (SSSR count). The molecule has 64 heavy (non-hydrogen) atoms. The number of carbonyl (C=O) groups is 2. The van der Waals surface area contributed by atoms with Crippen LogP contribution in [-0.4, -0.2) is 46.9 Å². The number of amides is 1. The van der Waals surface area contributed by atoms with Crippen molar-refractivity contribution in [3.8, 4) is 0 Å². The van der Waals surface area contributed by atoms with Gasteiger partial charge in [0.15, 0.2) is 0 Å². The lowest BCUT2D eigenvalue weighted by atomic mass is 10.0. The zero-order valence-electron chi connectivity index (χ0n) is 41.6.